The molecule has 1 heterocycles. The second-order valence-electron chi connectivity index (χ2n) is 4.56. The number of amides is 1. The van der Waals surface area contributed by atoms with Crippen LogP contribution in [0.15, 0.2) is 42.5 Å². The van der Waals surface area contributed by atoms with Crippen LogP contribution in [-0.2, 0) is 4.79 Å². The Morgan fingerprint density at radius 1 is 1.16 bits per heavy atom. The van der Waals surface area contributed by atoms with E-state index in [1.165, 1.54) is 12.1 Å². The normalized spacial score (nSPS) is 15.5. The smallest absolute Gasteiger partial charge is 0.256 e. The highest BCUT2D eigenvalue weighted by molar-refractivity contribution is 6.34. The van der Waals surface area contributed by atoms with E-state index < -0.39 is 0 Å². The summed E-state index contributed by atoms with van der Waals surface area (Å²) < 4.78 is 13.3. The molecule has 19 heavy (non-hydrogen) atoms. The molecule has 0 aliphatic carbocycles. The molecule has 94 valence electrons. The van der Waals surface area contributed by atoms with Gasteiger partial charge < -0.3 is 5.32 Å². The molecule has 0 unspecified atom stereocenters. The van der Waals surface area contributed by atoms with Gasteiger partial charge in [0, 0.05) is 16.8 Å². The predicted octanol–water partition coefficient (Wildman–Crippen LogP) is 3.63. The summed E-state index contributed by atoms with van der Waals surface area (Å²) in [6, 6.07) is 12.1. The number of aryl methyl sites for hydroxylation is 1. The standard InChI is InChI=1S/C16H12FNO/c1-10-4-2-3-5-11(10)8-14-13-9-12(17)6-7-15(13)18-16(14)19/h2-9H,1H3,(H,18,19). The van der Waals surface area contributed by atoms with Crippen molar-refractivity contribution in [1.82, 2.24) is 0 Å². The van der Waals surface area contributed by atoms with E-state index in [-0.39, 0.29) is 11.7 Å². The first-order chi connectivity index (χ1) is 9.15. The Hall–Kier alpha value is -2.42. The molecule has 1 aliphatic heterocycles. The number of rotatable bonds is 1. The molecular weight excluding hydrogens is 241 g/mol. The van der Waals surface area contributed by atoms with E-state index in [1.54, 1.807) is 12.1 Å². The molecule has 1 N–H and O–H groups in total. The lowest BCUT2D eigenvalue weighted by Crippen LogP contribution is -2.03. The summed E-state index contributed by atoms with van der Waals surface area (Å²) in [4.78, 5) is 12.0. The van der Waals surface area contributed by atoms with Gasteiger partial charge >= 0.3 is 0 Å². The van der Waals surface area contributed by atoms with Gasteiger partial charge in [-0.25, -0.2) is 4.39 Å². The lowest BCUT2D eigenvalue weighted by Gasteiger charge is -2.02. The third-order valence-electron chi connectivity index (χ3n) is 3.25. The molecule has 2 nitrogen and oxygen atoms in total. The van der Waals surface area contributed by atoms with E-state index in [1.807, 2.05) is 31.2 Å². The van der Waals surface area contributed by atoms with Crippen molar-refractivity contribution in [2.24, 2.45) is 0 Å². The Balaban J connectivity index is 2.14. The highest BCUT2D eigenvalue weighted by Crippen LogP contribution is 2.33. The van der Waals surface area contributed by atoms with Gasteiger partial charge in [0.15, 0.2) is 0 Å². The Labute approximate surface area is 110 Å². The van der Waals surface area contributed by atoms with Crippen LogP contribution in [0.1, 0.15) is 16.7 Å². The first-order valence-electron chi connectivity index (χ1n) is 6.04. The first-order valence-corrected chi connectivity index (χ1v) is 6.04. The number of fused-ring (bicyclic) bond motifs is 1. The number of carbonyl (C=O) groups excluding carboxylic acids is 1. The maximum atomic E-state index is 13.3. The molecule has 0 bridgehead atoms. The van der Waals surface area contributed by atoms with Crippen molar-refractivity contribution in [3.63, 3.8) is 0 Å². The molecule has 0 fully saturated rings. The third-order valence-corrected chi connectivity index (χ3v) is 3.25. The van der Waals surface area contributed by atoms with Crippen LogP contribution in [0, 0.1) is 12.7 Å². The topological polar surface area (TPSA) is 29.1 Å². The summed E-state index contributed by atoms with van der Waals surface area (Å²) in [5, 5.41) is 2.74. The fraction of sp³-hybridized carbons (Fsp3) is 0.0625. The molecule has 0 saturated heterocycles. The van der Waals surface area contributed by atoms with Gasteiger partial charge in [-0.1, -0.05) is 24.3 Å². The van der Waals surface area contributed by atoms with Crippen LogP contribution in [0.3, 0.4) is 0 Å². The number of halogens is 1. The van der Waals surface area contributed by atoms with E-state index in [9.17, 15) is 9.18 Å². The summed E-state index contributed by atoms with van der Waals surface area (Å²) in [7, 11) is 0. The molecular formula is C16H12FNO. The van der Waals surface area contributed by atoms with Crippen molar-refractivity contribution < 1.29 is 9.18 Å². The van der Waals surface area contributed by atoms with E-state index in [0.717, 1.165) is 11.1 Å². The van der Waals surface area contributed by atoms with Crippen molar-refractivity contribution in [3.05, 3.63) is 65.0 Å². The van der Waals surface area contributed by atoms with Crippen molar-refractivity contribution in [2.75, 3.05) is 5.32 Å². The van der Waals surface area contributed by atoms with Gasteiger partial charge in [0.2, 0.25) is 0 Å². The molecule has 0 radical (unpaired) electrons. The molecule has 0 spiro atoms. The molecule has 0 saturated carbocycles. The Kier molecular flexibility index (Phi) is 2.67. The van der Waals surface area contributed by atoms with Gasteiger partial charge in [0.25, 0.3) is 5.91 Å². The minimum atomic E-state index is -0.342. The molecule has 3 rings (SSSR count). The van der Waals surface area contributed by atoms with Crippen LogP contribution >= 0.6 is 0 Å². The maximum Gasteiger partial charge on any atom is 0.256 e. The maximum absolute atomic E-state index is 13.3. The number of anilines is 1. The lowest BCUT2D eigenvalue weighted by molar-refractivity contribution is -0.110. The van der Waals surface area contributed by atoms with Crippen LogP contribution in [0.5, 0.6) is 0 Å². The van der Waals surface area contributed by atoms with E-state index in [0.29, 0.717) is 16.8 Å². The molecule has 2 aromatic carbocycles. The molecule has 3 heteroatoms. The summed E-state index contributed by atoms with van der Waals surface area (Å²) in [5.41, 5.74) is 3.82. The van der Waals surface area contributed by atoms with Gasteiger partial charge in [-0.05, 0) is 42.3 Å². The fourth-order valence-corrected chi connectivity index (χ4v) is 2.21. The van der Waals surface area contributed by atoms with Gasteiger partial charge in [-0.3, -0.25) is 4.79 Å². The average molecular weight is 253 g/mol. The zero-order valence-corrected chi connectivity index (χ0v) is 10.4. The number of benzene rings is 2. The largest absolute Gasteiger partial charge is 0.321 e. The van der Waals surface area contributed by atoms with Gasteiger partial charge in [-0.2, -0.15) is 0 Å². The zero-order valence-electron chi connectivity index (χ0n) is 10.4. The summed E-state index contributed by atoms with van der Waals surface area (Å²) in [6.07, 6.45) is 1.80. The SMILES string of the molecule is Cc1ccccc1C=C1C(=O)Nc2ccc(F)cc21. The van der Waals surface area contributed by atoms with E-state index >= 15 is 0 Å². The quantitative estimate of drug-likeness (QED) is 0.772. The number of hydrogen-bond donors (Lipinski definition) is 1. The van der Waals surface area contributed by atoms with Gasteiger partial charge in [0.1, 0.15) is 5.82 Å². The van der Waals surface area contributed by atoms with Gasteiger partial charge in [0.05, 0.1) is 0 Å². The second kappa shape index (κ2) is 4.35. The first kappa shape index (κ1) is 11.7. The summed E-state index contributed by atoms with van der Waals surface area (Å²) in [5.74, 6) is -0.533. The van der Waals surface area contributed by atoms with Crippen LogP contribution in [0.2, 0.25) is 0 Å². The fourth-order valence-electron chi connectivity index (χ4n) is 2.21. The Morgan fingerprint density at radius 2 is 1.95 bits per heavy atom. The minimum absolute atomic E-state index is 0.191. The summed E-state index contributed by atoms with van der Waals surface area (Å²) in [6.45, 7) is 1.98. The van der Waals surface area contributed by atoms with E-state index in [4.69, 9.17) is 0 Å². The second-order valence-corrected chi connectivity index (χ2v) is 4.56. The molecule has 0 atom stereocenters. The molecule has 1 aliphatic rings. The van der Waals surface area contributed by atoms with Crippen LogP contribution in [0.25, 0.3) is 11.6 Å². The number of hydrogen-bond acceptors (Lipinski definition) is 1. The monoisotopic (exact) mass is 253 g/mol. The van der Waals surface area contributed by atoms with Crippen molar-refractivity contribution in [1.29, 1.82) is 0 Å². The third kappa shape index (κ3) is 2.03. The van der Waals surface area contributed by atoms with Crippen molar-refractivity contribution in [3.8, 4) is 0 Å². The predicted molar refractivity (Wildman–Crippen MR) is 74.1 cm³/mol. The Bertz CT molecular complexity index is 704. The summed E-state index contributed by atoms with van der Waals surface area (Å²) >= 11 is 0. The number of nitrogens with one attached hydrogen (secondary N) is 1. The minimum Gasteiger partial charge on any atom is -0.321 e. The average Bonchev–Trinajstić information content (AvgIpc) is 2.69. The molecule has 0 aromatic heterocycles. The highest BCUT2D eigenvalue weighted by Gasteiger charge is 2.24. The van der Waals surface area contributed by atoms with Gasteiger partial charge in [-0.15, -0.1) is 0 Å². The Morgan fingerprint density at radius 3 is 2.74 bits per heavy atom. The van der Waals surface area contributed by atoms with Crippen molar-refractivity contribution >= 4 is 23.2 Å². The highest BCUT2D eigenvalue weighted by atomic mass is 19.1. The lowest BCUT2D eigenvalue weighted by atomic mass is 10.0. The zero-order chi connectivity index (χ0) is 13.4. The van der Waals surface area contributed by atoms with E-state index in [2.05, 4.69) is 5.32 Å². The molecule has 2 aromatic rings. The molecule has 1 amide bonds. The van der Waals surface area contributed by atoms with Crippen LogP contribution < -0.4 is 5.32 Å². The number of carbonyl (C=O) groups is 1. The van der Waals surface area contributed by atoms with Crippen LogP contribution in [-0.4, -0.2) is 5.91 Å². The van der Waals surface area contributed by atoms with Crippen molar-refractivity contribution in [2.45, 2.75) is 6.92 Å². The van der Waals surface area contributed by atoms with Crippen LogP contribution in [0.4, 0.5) is 10.1 Å².